The predicted molar refractivity (Wildman–Crippen MR) is 117 cm³/mol. The maximum absolute atomic E-state index is 14.0. The van der Waals surface area contributed by atoms with Crippen molar-refractivity contribution in [2.24, 2.45) is 4.99 Å². The van der Waals surface area contributed by atoms with E-state index in [0.29, 0.717) is 31.3 Å². The normalized spacial score (nSPS) is 17.0. The van der Waals surface area contributed by atoms with Crippen molar-refractivity contribution in [1.82, 2.24) is 15.6 Å². The van der Waals surface area contributed by atoms with Crippen LogP contribution in [0.5, 0.6) is 0 Å². The highest BCUT2D eigenvalue weighted by Crippen LogP contribution is 2.24. The molecule has 2 N–H and O–H groups in total. The first-order valence-corrected chi connectivity index (χ1v) is 9.57. The number of hydrogen-bond acceptors (Lipinski definition) is 4. The van der Waals surface area contributed by atoms with Gasteiger partial charge in [0.2, 0.25) is 0 Å². The van der Waals surface area contributed by atoms with Gasteiger partial charge in [0.1, 0.15) is 11.6 Å². The van der Waals surface area contributed by atoms with E-state index in [1.54, 1.807) is 18.4 Å². The summed E-state index contributed by atoms with van der Waals surface area (Å²) in [5.41, 5.74) is 1.43. The van der Waals surface area contributed by atoms with Crippen LogP contribution in [0.15, 0.2) is 28.6 Å². The molecule has 0 saturated carbocycles. The maximum atomic E-state index is 14.0. The van der Waals surface area contributed by atoms with E-state index in [2.05, 4.69) is 27.5 Å². The zero-order valence-electron chi connectivity index (χ0n) is 15.3. The molecule has 1 atom stereocenters. The van der Waals surface area contributed by atoms with E-state index in [4.69, 9.17) is 0 Å². The van der Waals surface area contributed by atoms with E-state index in [0.717, 1.165) is 29.6 Å². The van der Waals surface area contributed by atoms with Gasteiger partial charge in [-0.2, -0.15) is 0 Å². The molecule has 9 heteroatoms. The Morgan fingerprint density at radius 1 is 1.41 bits per heavy atom. The Kier molecular flexibility index (Phi) is 8.21. The Balaban J connectivity index is 0.00000261. The van der Waals surface area contributed by atoms with Crippen LogP contribution in [0.1, 0.15) is 24.0 Å². The zero-order chi connectivity index (χ0) is 18.5. The average Bonchev–Trinajstić information content (AvgIpc) is 3.27. The smallest absolute Gasteiger partial charge is 0.191 e. The summed E-state index contributed by atoms with van der Waals surface area (Å²) >= 11 is 1.66. The number of aliphatic imine (C=N–C) groups is 1. The van der Waals surface area contributed by atoms with Crippen LogP contribution in [-0.4, -0.2) is 37.1 Å². The molecule has 2 aromatic rings. The summed E-state index contributed by atoms with van der Waals surface area (Å²) in [6.07, 6.45) is 1.80. The van der Waals surface area contributed by atoms with Gasteiger partial charge >= 0.3 is 0 Å². The van der Waals surface area contributed by atoms with Gasteiger partial charge in [0.25, 0.3) is 0 Å². The van der Waals surface area contributed by atoms with Gasteiger partial charge in [0.05, 0.1) is 22.9 Å². The lowest BCUT2D eigenvalue weighted by atomic mass is 10.2. The quantitative estimate of drug-likeness (QED) is 0.370. The second-order valence-electron chi connectivity index (χ2n) is 6.18. The number of aromatic nitrogens is 1. The van der Waals surface area contributed by atoms with Crippen molar-refractivity contribution in [3.8, 4) is 0 Å². The van der Waals surface area contributed by atoms with Gasteiger partial charge in [-0.05, 0) is 25.0 Å². The summed E-state index contributed by atoms with van der Waals surface area (Å²) in [6.45, 7) is 4.05. The number of halogens is 3. The standard InChI is InChI=1S/C18H23F2N5S.HI/c1-3-17-23-14(11-26-17)9-22-18(21-2)24-13-6-7-25(10-13)16-5-4-12(19)8-15(16)20;/h4-5,8,11,13H,3,6-7,9-10H2,1-2H3,(H2,21,22,24);1H. The number of hydrogen-bond donors (Lipinski definition) is 2. The van der Waals surface area contributed by atoms with Crippen LogP contribution in [0.4, 0.5) is 14.5 Å². The zero-order valence-corrected chi connectivity index (χ0v) is 18.5. The first-order chi connectivity index (χ1) is 12.6. The molecule has 1 fully saturated rings. The van der Waals surface area contributed by atoms with Crippen LogP contribution < -0.4 is 15.5 Å². The molecule has 0 radical (unpaired) electrons. The van der Waals surface area contributed by atoms with Crippen LogP contribution in [-0.2, 0) is 13.0 Å². The van der Waals surface area contributed by atoms with Crippen LogP contribution in [0.25, 0.3) is 0 Å². The fourth-order valence-electron chi connectivity index (χ4n) is 2.99. The molecule has 0 aliphatic carbocycles. The molecule has 0 amide bonds. The number of rotatable bonds is 5. The predicted octanol–water partition coefficient (Wildman–Crippen LogP) is 3.55. The van der Waals surface area contributed by atoms with Crippen LogP contribution in [0.3, 0.4) is 0 Å². The number of anilines is 1. The van der Waals surface area contributed by atoms with E-state index in [1.165, 1.54) is 12.1 Å². The van der Waals surface area contributed by atoms with Gasteiger partial charge in [-0.1, -0.05) is 6.92 Å². The van der Waals surface area contributed by atoms with Gasteiger partial charge in [-0.3, -0.25) is 4.99 Å². The first kappa shape index (κ1) is 21.8. The SMILES string of the molecule is CCc1nc(CNC(=NC)NC2CCN(c3ccc(F)cc3F)C2)cs1.I. The van der Waals surface area contributed by atoms with Crippen LogP contribution in [0, 0.1) is 11.6 Å². The van der Waals surface area contributed by atoms with Gasteiger partial charge in [0, 0.05) is 37.6 Å². The van der Waals surface area contributed by atoms with Crippen molar-refractivity contribution in [2.75, 3.05) is 25.0 Å². The first-order valence-electron chi connectivity index (χ1n) is 8.69. The third kappa shape index (κ3) is 5.74. The second kappa shape index (κ2) is 10.2. The molecule has 1 aromatic carbocycles. The minimum absolute atomic E-state index is 0. The summed E-state index contributed by atoms with van der Waals surface area (Å²) in [5, 5.41) is 9.80. The molecule has 2 heterocycles. The molecule has 148 valence electrons. The molecule has 5 nitrogen and oxygen atoms in total. The molecule has 1 aromatic heterocycles. The largest absolute Gasteiger partial charge is 0.367 e. The average molecular weight is 507 g/mol. The number of nitrogens with zero attached hydrogens (tertiary/aromatic N) is 3. The van der Waals surface area contributed by atoms with E-state index in [-0.39, 0.29) is 30.0 Å². The van der Waals surface area contributed by atoms with Gasteiger partial charge in [0.15, 0.2) is 5.96 Å². The fraction of sp³-hybridized carbons (Fsp3) is 0.444. The van der Waals surface area contributed by atoms with Crippen molar-refractivity contribution in [3.63, 3.8) is 0 Å². The van der Waals surface area contributed by atoms with Crippen molar-refractivity contribution >= 4 is 47.0 Å². The lowest BCUT2D eigenvalue weighted by Crippen LogP contribution is -2.44. The summed E-state index contributed by atoms with van der Waals surface area (Å²) in [5.74, 6) is -0.385. The third-order valence-corrected chi connectivity index (χ3v) is 5.38. The molecule has 1 saturated heterocycles. The summed E-state index contributed by atoms with van der Waals surface area (Å²) in [7, 11) is 1.72. The number of thiazole rings is 1. The molecular formula is C18H24F2IN5S. The Hall–Kier alpha value is -1.49. The summed E-state index contributed by atoms with van der Waals surface area (Å²) < 4.78 is 27.0. The monoisotopic (exact) mass is 507 g/mol. The number of nitrogens with one attached hydrogen (secondary N) is 2. The Bertz CT molecular complexity index is 783. The van der Waals surface area contributed by atoms with Crippen molar-refractivity contribution in [2.45, 2.75) is 32.4 Å². The number of benzene rings is 1. The Labute approximate surface area is 179 Å². The second-order valence-corrected chi connectivity index (χ2v) is 7.13. The molecule has 1 unspecified atom stereocenters. The van der Waals surface area contributed by atoms with Crippen molar-refractivity contribution in [1.29, 1.82) is 0 Å². The molecule has 0 spiro atoms. The van der Waals surface area contributed by atoms with Gasteiger partial charge < -0.3 is 15.5 Å². The third-order valence-electron chi connectivity index (χ3n) is 4.34. The molecule has 1 aliphatic heterocycles. The highest BCUT2D eigenvalue weighted by atomic mass is 127. The number of guanidine groups is 1. The lowest BCUT2D eigenvalue weighted by molar-refractivity contribution is 0.580. The molecule has 0 bridgehead atoms. The van der Waals surface area contributed by atoms with Crippen molar-refractivity contribution in [3.05, 3.63) is 45.9 Å². The number of aryl methyl sites for hydroxylation is 1. The van der Waals surface area contributed by atoms with Gasteiger partial charge in [-0.15, -0.1) is 35.3 Å². The van der Waals surface area contributed by atoms with Crippen LogP contribution >= 0.6 is 35.3 Å². The highest BCUT2D eigenvalue weighted by Gasteiger charge is 2.25. The van der Waals surface area contributed by atoms with E-state index in [1.807, 2.05) is 10.3 Å². The minimum Gasteiger partial charge on any atom is -0.367 e. The van der Waals surface area contributed by atoms with Crippen molar-refractivity contribution < 1.29 is 8.78 Å². The maximum Gasteiger partial charge on any atom is 0.191 e. The Morgan fingerprint density at radius 2 is 2.22 bits per heavy atom. The summed E-state index contributed by atoms with van der Waals surface area (Å²) in [6, 6.07) is 3.85. The Morgan fingerprint density at radius 3 is 2.89 bits per heavy atom. The fourth-order valence-corrected chi connectivity index (χ4v) is 3.73. The van der Waals surface area contributed by atoms with E-state index < -0.39 is 11.6 Å². The topological polar surface area (TPSA) is 52.6 Å². The molecular weight excluding hydrogens is 483 g/mol. The van der Waals surface area contributed by atoms with Gasteiger partial charge in [-0.25, -0.2) is 13.8 Å². The van der Waals surface area contributed by atoms with E-state index in [9.17, 15) is 8.78 Å². The lowest BCUT2D eigenvalue weighted by Gasteiger charge is -2.20. The molecule has 1 aliphatic rings. The highest BCUT2D eigenvalue weighted by molar-refractivity contribution is 14.0. The summed E-state index contributed by atoms with van der Waals surface area (Å²) in [4.78, 5) is 10.7. The van der Waals surface area contributed by atoms with Crippen LogP contribution in [0.2, 0.25) is 0 Å². The molecule has 27 heavy (non-hydrogen) atoms. The van der Waals surface area contributed by atoms with E-state index >= 15 is 0 Å². The minimum atomic E-state index is -0.557. The molecule has 3 rings (SSSR count).